The predicted octanol–water partition coefficient (Wildman–Crippen LogP) is 2.29. The first-order valence-corrected chi connectivity index (χ1v) is 7.41. The van der Waals surface area contributed by atoms with Gasteiger partial charge in [0, 0.05) is 38.1 Å². The van der Waals surface area contributed by atoms with E-state index in [1.54, 1.807) is 12.5 Å². The van der Waals surface area contributed by atoms with Crippen LogP contribution in [0.4, 0.5) is 11.6 Å². The molecule has 1 unspecified atom stereocenters. The van der Waals surface area contributed by atoms with Crippen LogP contribution in [0.3, 0.4) is 0 Å². The maximum atomic E-state index is 4.65. The molecule has 0 radical (unpaired) electrons. The zero-order valence-electron chi connectivity index (χ0n) is 12.6. The first-order valence-electron chi connectivity index (χ1n) is 7.41. The number of pyridine rings is 1. The molecule has 0 amide bonds. The van der Waals surface area contributed by atoms with Crippen molar-refractivity contribution in [2.75, 3.05) is 29.9 Å². The van der Waals surface area contributed by atoms with Crippen LogP contribution in [-0.4, -0.2) is 41.1 Å². The maximum absolute atomic E-state index is 4.65. The Labute approximate surface area is 125 Å². The quantitative estimate of drug-likeness (QED) is 0.865. The van der Waals surface area contributed by atoms with E-state index in [-0.39, 0.29) is 0 Å². The average Bonchev–Trinajstić information content (AvgIpc) is 2.55. The predicted molar refractivity (Wildman–Crippen MR) is 84.6 cm³/mol. The average molecular weight is 283 g/mol. The molecular weight excluding hydrogens is 262 g/mol. The summed E-state index contributed by atoms with van der Waals surface area (Å²) in [6, 6.07) is 8.63. The van der Waals surface area contributed by atoms with Gasteiger partial charge in [-0.1, -0.05) is 6.07 Å². The molecule has 1 atom stereocenters. The van der Waals surface area contributed by atoms with Gasteiger partial charge in [0.2, 0.25) is 0 Å². The molecule has 3 heterocycles. The molecule has 0 spiro atoms. The highest BCUT2D eigenvalue weighted by Crippen LogP contribution is 2.22. The fourth-order valence-electron chi connectivity index (χ4n) is 2.86. The van der Waals surface area contributed by atoms with E-state index in [1.165, 1.54) is 12.8 Å². The number of anilines is 2. The number of rotatable bonds is 3. The Morgan fingerprint density at radius 1 is 1.29 bits per heavy atom. The summed E-state index contributed by atoms with van der Waals surface area (Å²) in [5.41, 5.74) is 1.07. The fourth-order valence-corrected chi connectivity index (χ4v) is 2.86. The third kappa shape index (κ3) is 3.12. The van der Waals surface area contributed by atoms with Gasteiger partial charge in [-0.25, -0.2) is 15.0 Å². The second-order valence-corrected chi connectivity index (χ2v) is 5.56. The first kappa shape index (κ1) is 13.8. The van der Waals surface area contributed by atoms with E-state index < -0.39 is 0 Å². The Morgan fingerprint density at radius 2 is 2.19 bits per heavy atom. The molecule has 1 aliphatic rings. The lowest BCUT2D eigenvalue weighted by atomic mass is 10.0. The third-order valence-corrected chi connectivity index (χ3v) is 4.07. The zero-order chi connectivity index (χ0) is 14.7. The number of aromatic nitrogens is 3. The lowest BCUT2D eigenvalue weighted by Gasteiger charge is -2.38. The summed E-state index contributed by atoms with van der Waals surface area (Å²) < 4.78 is 0. The van der Waals surface area contributed by atoms with Gasteiger partial charge < -0.3 is 9.80 Å². The Bertz CT molecular complexity index is 586. The number of likely N-dealkylation sites (N-methyl/N-ethyl adjacent to an activating group) is 1. The van der Waals surface area contributed by atoms with Gasteiger partial charge in [0.15, 0.2) is 0 Å². The highest BCUT2D eigenvalue weighted by molar-refractivity contribution is 5.43. The lowest BCUT2D eigenvalue weighted by molar-refractivity contribution is 0.483. The first-order chi connectivity index (χ1) is 10.2. The van der Waals surface area contributed by atoms with Crippen molar-refractivity contribution in [1.29, 1.82) is 0 Å². The van der Waals surface area contributed by atoms with Gasteiger partial charge in [0.1, 0.15) is 18.0 Å². The van der Waals surface area contributed by atoms with Crippen LogP contribution in [0.25, 0.3) is 0 Å². The summed E-state index contributed by atoms with van der Waals surface area (Å²) >= 11 is 0. The van der Waals surface area contributed by atoms with Gasteiger partial charge in [-0.15, -0.1) is 0 Å². The normalized spacial score (nSPS) is 18.6. The number of aryl methyl sites for hydroxylation is 1. The van der Waals surface area contributed by atoms with E-state index in [0.29, 0.717) is 6.04 Å². The topological polar surface area (TPSA) is 45.2 Å². The minimum atomic E-state index is 0.455. The van der Waals surface area contributed by atoms with Crippen molar-refractivity contribution >= 4 is 11.6 Å². The van der Waals surface area contributed by atoms with Crippen LogP contribution in [0.15, 0.2) is 36.8 Å². The highest BCUT2D eigenvalue weighted by Gasteiger charge is 2.24. The van der Waals surface area contributed by atoms with Crippen LogP contribution in [0, 0.1) is 6.92 Å². The van der Waals surface area contributed by atoms with Crippen LogP contribution in [0.5, 0.6) is 0 Å². The molecular formula is C16H21N5. The molecule has 110 valence electrons. The van der Waals surface area contributed by atoms with Crippen molar-refractivity contribution in [3.8, 4) is 0 Å². The Kier molecular flexibility index (Phi) is 3.99. The van der Waals surface area contributed by atoms with Gasteiger partial charge in [-0.05, 0) is 38.0 Å². The van der Waals surface area contributed by atoms with Crippen molar-refractivity contribution in [2.24, 2.45) is 0 Å². The van der Waals surface area contributed by atoms with Crippen molar-refractivity contribution in [3.63, 3.8) is 0 Å². The molecule has 3 rings (SSSR count). The van der Waals surface area contributed by atoms with E-state index in [9.17, 15) is 0 Å². The summed E-state index contributed by atoms with van der Waals surface area (Å²) in [6.45, 7) is 4.10. The van der Waals surface area contributed by atoms with E-state index in [4.69, 9.17) is 0 Å². The molecule has 0 bridgehead atoms. The molecule has 0 aromatic carbocycles. The van der Waals surface area contributed by atoms with E-state index in [1.807, 2.05) is 19.1 Å². The van der Waals surface area contributed by atoms with E-state index in [0.717, 1.165) is 30.4 Å². The van der Waals surface area contributed by atoms with Crippen molar-refractivity contribution in [3.05, 3.63) is 42.5 Å². The fraction of sp³-hybridized carbons (Fsp3) is 0.438. The molecule has 0 aliphatic carbocycles. The van der Waals surface area contributed by atoms with Gasteiger partial charge in [0.05, 0.1) is 0 Å². The summed E-state index contributed by atoms with van der Waals surface area (Å²) in [5, 5.41) is 0. The number of piperidine rings is 1. The molecule has 2 aromatic rings. The van der Waals surface area contributed by atoms with E-state index in [2.05, 4.69) is 43.9 Å². The van der Waals surface area contributed by atoms with Gasteiger partial charge in [-0.3, -0.25) is 0 Å². The second-order valence-electron chi connectivity index (χ2n) is 5.56. The van der Waals surface area contributed by atoms with Crippen LogP contribution in [0.1, 0.15) is 18.5 Å². The molecule has 5 nitrogen and oxygen atoms in total. The third-order valence-electron chi connectivity index (χ3n) is 4.07. The van der Waals surface area contributed by atoms with Crippen molar-refractivity contribution in [2.45, 2.75) is 25.8 Å². The van der Waals surface area contributed by atoms with Gasteiger partial charge in [-0.2, -0.15) is 0 Å². The van der Waals surface area contributed by atoms with Gasteiger partial charge >= 0.3 is 0 Å². The molecule has 5 heteroatoms. The minimum Gasteiger partial charge on any atom is -0.355 e. The Morgan fingerprint density at radius 3 is 2.95 bits per heavy atom. The second kappa shape index (κ2) is 6.08. The van der Waals surface area contributed by atoms with Crippen molar-refractivity contribution < 1.29 is 0 Å². The largest absolute Gasteiger partial charge is 0.355 e. The molecule has 1 saturated heterocycles. The smallest absolute Gasteiger partial charge is 0.131 e. The molecule has 1 aliphatic heterocycles. The Balaban J connectivity index is 1.74. The molecule has 2 aromatic heterocycles. The van der Waals surface area contributed by atoms with Gasteiger partial charge in [0.25, 0.3) is 0 Å². The van der Waals surface area contributed by atoms with Crippen LogP contribution in [-0.2, 0) is 0 Å². The summed E-state index contributed by atoms with van der Waals surface area (Å²) in [7, 11) is 2.11. The van der Waals surface area contributed by atoms with E-state index >= 15 is 0 Å². The van der Waals surface area contributed by atoms with Crippen LogP contribution >= 0.6 is 0 Å². The summed E-state index contributed by atoms with van der Waals surface area (Å²) in [5.74, 6) is 2.06. The summed E-state index contributed by atoms with van der Waals surface area (Å²) in [6.07, 6.45) is 5.76. The van der Waals surface area contributed by atoms with Crippen molar-refractivity contribution in [1.82, 2.24) is 15.0 Å². The molecule has 0 saturated carbocycles. The molecule has 21 heavy (non-hydrogen) atoms. The number of hydrogen-bond acceptors (Lipinski definition) is 5. The molecule has 0 N–H and O–H groups in total. The SMILES string of the molecule is Cc1cccc(N2CCCC(N(C)c3ccncn3)C2)n1. The Hall–Kier alpha value is -2.17. The van der Waals surface area contributed by atoms with Crippen LogP contribution < -0.4 is 9.80 Å². The zero-order valence-corrected chi connectivity index (χ0v) is 12.6. The monoisotopic (exact) mass is 283 g/mol. The number of nitrogens with zero attached hydrogens (tertiary/aromatic N) is 5. The lowest BCUT2D eigenvalue weighted by Crippen LogP contribution is -2.47. The minimum absolute atomic E-state index is 0.455. The highest BCUT2D eigenvalue weighted by atomic mass is 15.3. The van der Waals surface area contributed by atoms with Crippen LogP contribution in [0.2, 0.25) is 0 Å². The molecule has 1 fully saturated rings. The number of hydrogen-bond donors (Lipinski definition) is 0. The maximum Gasteiger partial charge on any atom is 0.131 e. The standard InChI is InChI=1S/C16H21N5/c1-13-5-3-7-16(19-13)21-10-4-6-14(11-21)20(2)15-8-9-17-12-18-15/h3,5,7-9,12,14H,4,6,10-11H2,1-2H3. The summed E-state index contributed by atoms with van der Waals surface area (Å²) in [4.78, 5) is 17.6.